The van der Waals surface area contributed by atoms with Crippen molar-refractivity contribution in [3.8, 4) is 0 Å². The fourth-order valence-corrected chi connectivity index (χ4v) is 3.79. The van der Waals surface area contributed by atoms with Crippen molar-refractivity contribution in [1.82, 2.24) is 4.90 Å². The number of fused-ring (bicyclic) bond motifs is 1. The fraction of sp³-hybridized carbons (Fsp3) is 0.882. The Morgan fingerprint density at radius 3 is 2.21 bits per heavy atom. The number of carbonyl (C=O) groups excluding carboxylic acids is 2. The van der Waals surface area contributed by atoms with Crippen LogP contribution in [-0.4, -0.2) is 55.6 Å². The second-order valence-corrected chi connectivity index (χ2v) is 7.70. The highest BCUT2D eigenvalue weighted by Crippen LogP contribution is 2.62. The van der Waals surface area contributed by atoms with Crippen LogP contribution < -0.4 is 0 Å². The van der Waals surface area contributed by atoms with Gasteiger partial charge in [0.15, 0.2) is 0 Å². The molecule has 0 aromatic rings. The first-order valence-corrected chi connectivity index (χ1v) is 8.38. The number of nitrogens with zero attached hydrogens (tertiary/aromatic N) is 1. The van der Waals surface area contributed by atoms with Crippen LogP contribution >= 0.6 is 0 Å². The van der Waals surface area contributed by atoms with Crippen molar-refractivity contribution in [2.75, 3.05) is 20.2 Å². The Hall–Kier alpha value is -1.24. The van der Waals surface area contributed by atoms with Gasteiger partial charge >= 0.3 is 0 Å². The third-order valence-electron chi connectivity index (χ3n) is 5.51. The molecule has 0 aromatic carbocycles. The standard InChI is InChI=1S/C15H23F2NO2.C2H4O2/c1-9(20-10-5-15(16,17)6-10)4-13(19)18-7-11-12(8-18)14(11,2)3;1-4-2-3/h9-12H,4-8H2,1-3H3;2H,1H3/t9-,11?,12?;/m1./s1. The minimum absolute atomic E-state index is 0.103. The number of hydrogen-bond acceptors (Lipinski definition) is 4. The average molecular weight is 347 g/mol. The smallest absolute Gasteiger partial charge is 0.292 e. The molecule has 0 N–H and O–H groups in total. The van der Waals surface area contributed by atoms with E-state index in [4.69, 9.17) is 9.53 Å². The molecule has 3 rings (SSSR count). The van der Waals surface area contributed by atoms with Crippen molar-refractivity contribution in [3.05, 3.63) is 0 Å². The molecule has 2 saturated carbocycles. The molecular formula is C17H27F2NO4. The van der Waals surface area contributed by atoms with E-state index in [2.05, 4.69) is 18.6 Å². The van der Waals surface area contributed by atoms with Crippen LogP contribution in [0.2, 0.25) is 0 Å². The van der Waals surface area contributed by atoms with Crippen LogP contribution in [0.15, 0.2) is 0 Å². The summed E-state index contributed by atoms with van der Waals surface area (Å²) >= 11 is 0. The van der Waals surface area contributed by atoms with Crippen molar-refractivity contribution in [2.24, 2.45) is 17.3 Å². The normalized spacial score (nSPS) is 30.3. The number of likely N-dealkylation sites (tertiary alicyclic amines) is 1. The molecule has 2 aliphatic carbocycles. The predicted molar refractivity (Wildman–Crippen MR) is 83.5 cm³/mol. The first-order valence-electron chi connectivity index (χ1n) is 8.38. The lowest BCUT2D eigenvalue weighted by atomic mass is 9.91. The summed E-state index contributed by atoms with van der Waals surface area (Å²) in [5.74, 6) is -1.16. The molecule has 0 aromatic heterocycles. The largest absolute Gasteiger partial charge is 0.471 e. The molecule has 3 atom stereocenters. The van der Waals surface area contributed by atoms with Gasteiger partial charge in [-0.05, 0) is 24.2 Å². The molecular weight excluding hydrogens is 320 g/mol. The third-order valence-corrected chi connectivity index (χ3v) is 5.51. The Balaban J connectivity index is 0.000000471. The van der Waals surface area contributed by atoms with E-state index in [1.807, 2.05) is 4.90 Å². The number of piperidine rings is 1. The molecule has 138 valence electrons. The van der Waals surface area contributed by atoms with Gasteiger partial charge in [-0.1, -0.05) is 13.8 Å². The number of ether oxygens (including phenoxy) is 2. The van der Waals surface area contributed by atoms with Gasteiger partial charge in [0.1, 0.15) is 0 Å². The molecule has 1 amide bonds. The van der Waals surface area contributed by atoms with Crippen molar-refractivity contribution in [2.45, 2.75) is 58.2 Å². The van der Waals surface area contributed by atoms with E-state index in [1.165, 1.54) is 7.11 Å². The Labute approximate surface area is 141 Å². The molecule has 24 heavy (non-hydrogen) atoms. The summed E-state index contributed by atoms with van der Waals surface area (Å²) in [5, 5.41) is 0. The van der Waals surface area contributed by atoms with E-state index in [9.17, 15) is 13.6 Å². The van der Waals surface area contributed by atoms with Gasteiger partial charge in [-0.2, -0.15) is 0 Å². The Morgan fingerprint density at radius 1 is 1.29 bits per heavy atom. The summed E-state index contributed by atoms with van der Waals surface area (Å²) < 4.78 is 34.8. The molecule has 3 fully saturated rings. The maximum Gasteiger partial charge on any atom is 0.292 e. The first kappa shape index (κ1) is 19.1. The Bertz CT molecular complexity index is 461. The number of amides is 1. The summed E-state index contributed by atoms with van der Waals surface area (Å²) in [6.07, 6.45) is -0.740. The van der Waals surface area contributed by atoms with Gasteiger partial charge in [0.2, 0.25) is 5.91 Å². The van der Waals surface area contributed by atoms with Gasteiger partial charge < -0.3 is 14.4 Å². The van der Waals surface area contributed by atoms with E-state index >= 15 is 0 Å². The Kier molecular flexibility index (Phi) is 5.52. The second kappa shape index (κ2) is 6.94. The lowest BCUT2D eigenvalue weighted by Gasteiger charge is -2.36. The molecule has 1 aliphatic heterocycles. The first-order chi connectivity index (χ1) is 11.1. The van der Waals surface area contributed by atoms with Gasteiger partial charge in [-0.3, -0.25) is 9.59 Å². The van der Waals surface area contributed by atoms with E-state index < -0.39 is 5.92 Å². The van der Waals surface area contributed by atoms with Gasteiger partial charge in [0.05, 0.1) is 25.7 Å². The fourth-order valence-electron chi connectivity index (χ4n) is 3.79. The maximum atomic E-state index is 12.7. The SMILES string of the molecule is COC=O.C[C@H](CC(=O)N1CC2C(C1)C2(C)C)OC1CC(F)(F)C1. The van der Waals surface area contributed by atoms with E-state index in [1.54, 1.807) is 6.92 Å². The van der Waals surface area contributed by atoms with Crippen LogP contribution in [-0.2, 0) is 19.1 Å². The quantitative estimate of drug-likeness (QED) is 0.717. The zero-order valence-corrected chi connectivity index (χ0v) is 14.8. The molecule has 0 radical (unpaired) electrons. The third kappa shape index (κ3) is 4.23. The topological polar surface area (TPSA) is 55.8 Å². The summed E-state index contributed by atoms with van der Waals surface area (Å²) in [7, 11) is 1.31. The number of alkyl halides is 2. The molecule has 7 heteroatoms. The van der Waals surface area contributed by atoms with Crippen LogP contribution in [0.5, 0.6) is 0 Å². The molecule has 5 nitrogen and oxygen atoms in total. The molecule has 2 unspecified atom stereocenters. The maximum absolute atomic E-state index is 12.7. The van der Waals surface area contributed by atoms with E-state index in [0.29, 0.717) is 30.1 Å². The molecule has 1 heterocycles. The van der Waals surface area contributed by atoms with Gasteiger partial charge in [0.25, 0.3) is 12.4 Å². The van der Waals surface area contributed by atoms with Crippen LogP contribution in [0.4, 0.5) is 8.78 Å². The highest BCUT2D eigenvalue weighted by Gasteiger charge is 2.62. The van der Waals surface area contributed by atoms with Gasteiger partial charge in [0, 0.05) is 25.9 Å². The number of halogens is 2. The van der Waals surface area contributed by atoms with Gasteiger partial charge in [-0.25, -0.2) is 8.78 Å². The monoisotopic (exact) mass is 347 g/mol. The zero-order valence-electron chi connectivity index (χ0n) is 14.8. The van der Waals surface area contributed by atoms with Crippen LogP contribution in [0, 0.1) is 17.3 Å². The molecule has 1 saturated heterocycles. The van der Waals surface area contributed by atoms with Crippen molar-refractivity contribution in [1.29, 1.82) is 0 Å². The number of hydrogen-bond donors (Lipinski definition) is 0. The zero-order chi connectivity index (χ0) is 18.1. The number of rotatable bonds is 5. The summed E-state index contributed by atoms with van der Waals surface area (Å²) in [5.41, 5.74) is 0.399. The highest BCUT2D eigenvalue weighted by atomic mass is 19.3. The van der Waals surface area contributed by atoms with Crippen molar-refractivity contribution in [3.63, 3.8) is 0 Å². The number of carbonyl (C=O) groups is 2. The minimum Gasteiger partial charge on any atom is -0.471 e. The lowest BCUT2D eigenvalue weighted by molar-refractivity contribution is -0.181. The van der Waals surface area contributed by atoms with E-state index in [0.717, 1.165) is 13.1 Å². The van der Waals surface area contributed by atoms with Crippen LogP contribution in [0.3, 0.4) is 0 Å². The van der Waals surface area contributed by atoms with Gasteiger partial charge in [-0.15, -0.1) is 0 Å². The highest BCUT2D eigenvalue weighted by molar-refractivity contribution is 5.77. The second-order valence-electron chi connectivity index (χ2n) is 7.70. The minimum atomic E-state index is -2.56. The molecule has 3 aliphatic rings. The van der Waals surface area contributed by atoms with Crippen molar-refractivity contribution < 1.29 is 27.8 Å². The Morgan fingerprint density at radius 2 is 1.79 bits per heavy atom. The summed E-state index contributed by atoms with van der Waals surface area (Å²) in [6.45, 7) is 8.39. The van der Waals surface area contributed by atoms with Crippen LogP contribution in [0.1, 0.15) is 40.0 Å². The average Bonchev–Trinajstić information content (AvgIpc) is 2.84. The van der Waals surface area contributed by atoms with E-state index in [-0.39, 0.29) is 31.0 Å². The number of methoxy groups -OCH3 is 1. The summed E-state index contributed by atoms with van der Waals surface area (Å²) in [4.78, 5) is 23.0. The predicted octanol–water partition coefficient (Wildman–Crippen LogP) is 2.48. The summed E-state index contributed by atoms with van der Waals surface area (Å²) in [6, 6.07) is 0. The molecule has 0 bridgehead atoms. The lowest BCUT2D eigenvalue weighted by Crippen LogP contribution is -2.43. The van der Waals surface area contributed by atoms with Crippen molar-refractivity contribution >= 4 is 12.4 Å². The molecule has 0 spiro atoms. The van der Waals surface area contributed by atoms with Crippen LogP contribution in [0.25, 0.3) is 0 Å².